The summed E-state index contributed by atoms with van der Waals surface area (Å²) in [5.41, 5.74) is 2.22. The Balaban J connectivity index is 1.35. The Hall–Kier alpha value is -3.21. The molecule has 10 heteroatoms. The Kier molecular flexibility index (Phi) is 8.36. The maximum Gasteiger partial charge on any atom is 0.264 e. The number of methoxy groups -OCH3 is 1. The largest absolute Gasteiger partial charge is 0.497 e. The number of nitrogens with one attached hydrogen (secondary N) is 1. The summed E-state index contributed by atoms with van der Waals surface area (Å²) in [5, 5.41) is 15.0. The van der Waals surface area contributed by atoms with Gasteiger partial charge in [0.1, 0.15) is 5.75 Å². The quantitative estimate of drug-likeness (QED) is 0.357. The summed E-state index contributed by atoms with van der Waals surface area (Å²) in [6.45, 7) is 8.82. The van der Waals surface area contributed by atoms with E-state index in [0.29, 0.717) is 31.1 Å². The fourth-order valence-electron chi connectivity index (χ4n) is 7.68. The van der Waals surface area contributed by atoms with Crippen molar-refractivity contribution in [3.05, 3.63) is 82.9 Å². The van der Waals surface area contributed by atoms with E-state index in [1.165, 1.54) is 5.19 Å². The SMILES string of the molecule is COc1ccc([Si](C)(C)[C@@H]2[C@@H](CCO)O[C@]3(C(=O)N(Cc4ccc(N5CCNCC5=O)cc4)c4ccc(Cl)cc43)[C@H]2C)cc1. The number of rotatable bonds is 8. The summed E-state index contributed by atoms with van der Waals surface area (Å²) >= 11 is 6.57. The highest BCUT2D eigenvalue weighted by Crippen LogP contribution is 2.60. The fraction of sp³-hybridized carbons (Fsp3) is 0.412. The predicted octanol–water partition coefficient (Wildman–Crippen LogP) is 4.43. The van der Waals surface area contributed by atoms with Crippen molar-refractivity contribution in [2.75, 3.05) is 43.2 Å². The third kappa shape index (κ3) is 5.04. The Labute approximate surface area is 264 Å². The highest BCUT2D eigenvalue weighted by atomic mass is 35.5. The number of hydrogen-bond acceptors (Lipinski definition) is 6. The van der Waals surface area contributed by atoms with Crippen LogP contribution < -0.4 is 25.0 Å². The first-order chi connectivity index (χ1) is 21.1. The van der Waals surface area contributed by atoms with Crippen LogP contribution in [-0.4, -0.2) is 64.4 Å². The smallest absolute Gasteiger partial charge is 0.264 e. The normalized spacial score (nSPS) is 25.2. The lowest BCUT2D eigenvalue weighted by atomic mass is 9.82. The number of benzene rings is 3. The number of nitrogens with zero attached hydrogens (tertiary/aromatic N) is 2. The number of carbonyl (C=O) groups is 2. The number of piperazine rings is 1. The molecule has 0 bridgehead atoms. The van der Waals surface area contributed by atoms with Crippen LogP contribution in [0.5, 0.6) is 5.75 Å². The maximum absolute atomic E-state index is 14.7. The highest BCUT2D eigenvalue weighted by molar-refractivity contribution is 6.91. The lowest BCUT2D eigenvalue weighted by molar-refractivity contribution is -0.146. The Morgan fingerprint density at radius 2 is 1.82 bits per heavy atom. The van der Waals surface area contributed by atoms with E-state index in [4.69, 9.17) is 21.1 Å². The number of amides is 2. The van der Waals surface area contributed by atoms with Crippen LogP contribution in [-0.2, 0) is 26.5 Å². The predicted molar refractivity (Wildman–Crippen MR) is 176 cm³/mol. The van der Waals surface area contributed by atoms with E-state index in [1.807, 2.05) is 59.5 Å². The molecule has 2 saturated heterocycles. The summed E-state index contributed by atoms with van der Waals surface area (Å²) in [6, 6.07) is 21.7. The van der Waals surface area contributed by atoms with Crippen LogP contribution in [0.4, 0.5) is 11.4 Å². The van der Waals surface area contributed by atoms with E-state index in [0.717, 1.165) is 34.8 Å². The number of ether oxygens (including phenoxy) is 2. The van der Waals surface area contributed by atoms with Gasteiger partial charge in [-0.05, 0) is 60.0 Å². The van der Waals surface area contributed by atoms with Gasteiger partial charge in [-0.2, -0.15) is 0 Å². The molecule has 6 rings (SSSR count). The molecule has 0 aromatic heterocycles. The number of fused-ring (bicyclic) bond motifs is 2. The molecule has 2 amide bonds. The third-order valence-corrected chi connectivity index (χ3v) is 14.5. The second-order valence-electron chi connectivity index (χ2n) is 12.6. The van der Waals surface area contributed by atoms with Crippen LogP contribution in [0, 0.1) is 5.92 Å². The number of halogens is 1. The van der Waals surface area contributed by atoms with Crippen molar-refractivity contribution in [1.29, 1.82) is 0 Å². The summed E-state index contributed by atoms with van der Waals surface area (Å²) in [5.74, 6) is 0.578. The molecule has 0 unspecified atom stereocenters. The van der Waals surface area contributed by atoms with Gasteiger partial charge < -0.3 is 29.7 Å². The summed E-state index contributed by atoms with van der Waals surface area (Å²) in [6.07, 6.45) is 0.143. The molecule has 1 spiro atoms. The number of aliphatic hydroxyl groups is 1. The number of aliphatic hydroxyl groups excluding tert-OH is 1. The van der Waals surface area contributed by atoms with Crippen molar-refractivity contribution in [2.45, 2.75) is 50.2 Å². The summed E-state index contributed by atoms with van der Waals surface area (Å²) in [7, 11) is -0.600. The lowest BCUT2D eigenvalue weighted by Gasteiger charge is -2.37. The maximum atomic E-state index is 14.7. The Morgan fingerprint density at radius 3 is 2.48 bits per heavy atom. The molecule has 3 heterocycles. The molecule has 232 valence electrons. The number of hydrogen-bond donors (Lipinski definition) is 2. The molecule has 3 aromatic rings. The zero-order valence-electron chi connectivity index (χ0n) is 25.7. The zero-order chi connectivity index (χ0) is 31.2. The van der Waals surface area contributed by atoms with Gasteiger partial charge in [0.2, 0.25) is 5.91 Å². The molecule has 2 N–H and O–H groups in total. The molecule has 0 saturated carbocycles. The van der Waals surface area contributed by atoms with Gasteiger partial charge in [-0.15, -0.1) is 0 Å². The fourth-order valence-corrected chi connectivity index (χ4v) is 11.9. The van der Waals surface area contributed by atoms with Gasteiger partial charge in [-0.25, -0.2) is 0 Å². The van der Waals surface area contributed by atoms with E-state index in [2.05, 4.69) is 37.5 Å². The Morgan fingerprint density at radius 1 is 1.09 bits per heavy atom. The molecule has 3 aliphatic rings. The van der Waals surface area contributed by atoms with Gasteiger partial charge in [-0.1, -0.05) is 61.1 Å². The van der Waals surface area contributed by atoms with Crippen molar-refractivity contribution in [3.8, 4) is 5.75 Å². The van der Waals surface area contributed by atoms with Gasteiger partial charge >= 0.3 is 0 Å². The molecule has 44 heavy (non-hydrogen) atoms. The van der Waals surface area contributed by atoms with E-state index in [9.17, 15) is 14.7 Å². The minimum atomic E-state index is -2.26. The van der Waals surface area contributed by atoms with Gasteiger partial charge in [0.15, 0.2) is 5.60 Å². The number of carbonyl (C=O) groups excluding carboxylic acids is 2. The number of anilines is 2. The standard InChI is InChI=1S/C34H40ClN3O5Si/c1-22-32(44(3,4)27-12-10-26(42-2)11-13-27)30(15-18-39)43-34(22)28-19-24(35)7-14-29(28)38(33(34)41)21-23-5-8-25(9-6-23)37-17-16-36-20-31(37)40/h5-14,19,22,30,32,36,39H,15-18,20-21H2,1-4H3/t22-,30+,32-,34+/m0/s1. The van der Waals surface area contributed by atoms with Crippen LogP contribution in [0.15, 0.2) is 66.7 Å². The Bertz CT molecular complexity index is 1550. The second kappa shape index (κ2) is 11.9. The van der Waals surface area contributed by atoms with Gasteiger partial charge in [0.05, 0.1) is 40.1 Å². The minimum Gasteiger partial charge on any atom is -0.497 e. The van der Waals surface area contributed by atoms with Crippen molar-refractivity contribution in [2.24, 2.45) is 5.92 Å². The van der Waals surface area contributed by atoms with Crippen molar-refractivity contribution < 1.29 is 24.2 Å². The van der Waals surface area contributed by atoms with Crippen LogP contribution in [0.2, 0.25) is 23.7 Å². The topological polar surface area (TPSA) is 91.3 Å². The summed E-state index contributed by atoms with van der Waals surface area (Å²) < 4.78 is 12.4. The third-order valence-electron chi connectivity index (χ3n) is 9.89. The molecule has 0 aliphatic carbocycles. The first-order valence-electron chi connectivity index (χ1n) is 15.3. The second-order valence-corrected chi connectivity index (χ2v) is 17.7. The minimum absolute atomic E-state index is 0.0285. The zero-order valence-corrected chi connectivity index (χ0v) is 27.4. The molecule has 2 fully saturated rings. The van der Waals surface area contributed by atoms with Crippen molar-refractivity contribution >= 4 is 48.1 Å². The molecule has 8 nitrogen and oxygen atoms in total. The van der Waals surface area contributed by atoms with Crippen molar-refractivity contribution in [3.63, 3.8) is 0 Å². The molecule has 4 atom stereocenters. The van der Waals surface area contributed by atoms with Crippen LogP contribution in [0.3, 0.4) is 0 Å². The summed E-state index contributed by atoms with van der Waals surface area (Å²) in [4.78, 5) is 30.7. The van der Waals surface area contributed by atoms with Gasteiger partial charge in [0.25, 0.3) is 5.91 Å². The van der Waals surface area contributed by atoms with E-state index >= 15 is 0 Å². The molecule has 3 aliphatic heterocycles. The monoisotopic (exact) mass is 633 g/mol. The van der Waals surface area contributed by atoms with Crippen molar-refractivity contribution in [1.82, 2.24) is 5.32 Å². The van der Waals surface area contributed by atoms with Gasteiger partial charge in [0, 0.05) is 41.9 Å². The molecular weight excluding hydrogens is 594 g/mol. The highest BCUT2D eigenvalue weighted by Gasteiger charge is 2.66. The molecular formula is C34H40ClN3O5Si. The molecule has 0 radical (unpaired) electrons. The average Bonchev–Trinajstić information content (AvgIpc) is 3.44. The average molecular weight is 634 g/mol. The van der Waals surface area contributed by atoms with Crippen LogP contribution >= 0.6 is 11.6 Å². The van der Waals surface area contributed by atoms with E-state index in [-0.39, 0.29) is 36.0 Å². The first-order valence-corrected chi connectivity index (χ1v) is 18.7. The van der Waals surface area contributed by atoms with Crippen LogP contribution in [0.1, 0.15) is 24.5 Å². The van der Waals surface area contributed by atoms with Gasteiger partial charge in [-0.3, -0.25) is 9.59 Å². The lowest BCUT2D eigenvalue weighted by Crippen LogP contribution is -2.51. The van der Waals surface area contributed by atoms with E-state index in [1.54, 1.807) is 12.0 Å². The molecule has 3 aromatic carbocycles. The van der Waals surface area contributed by atoms with Crippen LogP contribution in [0.25, 0.3) is 0 Å². The first kappa shape index (κ1) is 30.8. The van der Waals surface area contributed by atoms with E-state index < -0.39 is 13.7 Å².